The number of alkyl halides is 2. The van der Waals surface area contributed by atoms with Crippen molar-refractivity contribution in [1.82, 2.24) is 29.7 Å². The van der Waals surface area contributed by atoms with Crippen molar-refractivity contribution in [2.75, 3.05) is 56.2 Å². The first-order valence-electron chi connectivity index (χ1n) is 17.1. The Hall–Kier alpha value is -4.76. The van der Waals surface area contributed by atoms with Gasteiger partial charge in [-0.3, -0.25) is 9.36 Å². The lowest BCUT2D eigenvalue weighted by Crippen LogP contribution is -2.50. The zero-order valence-corrected chi connectivity index (χ0v) is 28.3. The molecular formula is C33H43F2N11O4. The van der Waals surface area contributed by atoms with Gasteiger partial charge in [0.05, 0.1) is 36.7 Å². The number of hydrogen-bond donors (Lipinski definition) is 2. The third kappa shape index (κ3) is 8.33. The molecule has 2 saturated heterocycles. The van der Waals surface area contributed by atoms with E-state index in [1.54, 1.807) is 49.1 Å². The number of anilines is 2. The number of azide groups is 1. The summed E-state index contributed by atoms with van der Waals surface area (Å²) in [5.41, 5.74) is 8.63. The van der Waals surface area contributed by atoms with Crippen molar-refractivity contribution in [2.24, 2.45) is 11.0 Å². The van der Waals surface area contributed by atoms with E-state index in [4.69, 9.17) is 25.0 Å². The smallest absolute Gasteiger partial charge is 0.410 e. The number of piperidine rings is 1. The molecule has 0 spiro atoms. The lowest BCUT2D eigenvalue weighted by molar-refractivity contribution is -0.127. The molecule has 2 N–H and O–H groups in total. The number of carbonyl (C=O) groups excluding carboxylic acids is 2. The lowest BCUT2D eigenvalue weighted by atomic mass is 9.90. The van der Waals surface area contributed by atoms with Crippen molar-refractivity contribution in [2.45, 2.75) is 76.5 Å². The molecule has 1 aliphatic carbocycles. The molecule has 2 aromatic heterocycles. The number of morpholine rings is 1. The minimum absolute atomic E-state index is 0.0126. The van der Waals surface area contributed by atoms with Crippen LogP contribution in [0.3, 0.4) is 0 Å². The molecule has 17 heteroatoms. The van der Waals surface area contributed by atoms with E-state index in [-0.39, 0.29) is 42.8 Å². The van der Waals surface area contributed by atoms with Crippen molar-refractivity contribution in [3.8, 4) is 5.82 Å². The second kappa shape index (κ2) is 15.4. The van der Waals surface area contributed by atoms with Gasteiger partial charge in [-0.25, -0.2) is 18.6 Å². The average molecular weight is 696 g/mol. The number of benzene rings is 1. The average Bonchev–Trinajstić information content (AvgIpc) is 3.52. The normalized spacial score (nSPS) is 21.5. The van der Waals surface area contributed by atoms with Crippen molar-refractivity contribution < 1.29 is 27.8 Å². The summed E-state index contributed by atoms with van der Waals surface area (Å²) >= 11 is 0. The highest BCUT2D eigenvalue weighted by Gasteiger charge is 2.34. The highest BCUT2D eigenvalue weighted by molar-refractivity contribution is 5.80. The number of ether oxygens (including phenoxy) is 2. The fourth-order valence-electron chi connectivity index (χ4n) is 6.75. The first kappa shape index (κ1) is 35.1. The van der Waals surface area contributed by atoms with E-state index in [0.29, 0.717) is 74.3 Å². The molecule has 3 aromatic rings. The van der Waals surface area contributed by atoms with Crippen LogP contribution in [-0.2, 0) is 14.3 Å². The van der Waals surface area contributed by atoms with Crippen molar-refractivity contribution >= 4 is 34.8 Å². The van der Waals surface area contributed by atoms with Crippen LogP contribution in [0.1, 0.15) is 64.6 Å². The fraction of sp³-hybridized carbons (Fsp3) is 0.606. The summed E-state index contributed by atoms with van der Waals surface area (Å²) in [6.07, 6.45) is 1.03. The first-order valence-corrected chi connectivity index (χ1v) is 17.1. The molecule has 2 amide bonds. The number of carbonyl (C=O) groups is 2. The van der Waals surface area contributed by atoms with Crippen LogP contribution in [0.2, 0.25) is 0 Å². The van der Waals surface area contributed by atoms with E-state index in [1.807, 2.05) is 4.90 Å². The number of imidazole rings is 1. The van der Waals surface area contributed by atoms with E-state index < -0.39 is 18.1 Å². The molecule has 1 aromatic carbocycles. The molecule has 3 fully saturated rings. The van der Waals surface area contributed by atoms with E-state index in [9.17, 15) is 18.4 Å². The zero-order valence-electron chi connectivity index (χ0n) is 28.3. The van der Waals surface area contributed by atoms with Gasteiger partial charge >= 0.3 is 6.09 Å². The van der Waals surface area contributed by atoms with Gasteiger partial charge in [0, 0.05) is 49.2 Å². The molecule has 268 valence electrons. The van der Waals surface area contributed by atoms with Crippen LogP contribution in [0.15, 0.2) is 35.4 Å². The Morgan fingerprint density at radius 2 is 1.82 bits per heavy atom. The SMILES string of the molecule is CC(C)(CN=[N+]=[N-])OC(=O)N1CCC[C@H](C(=O)NC2CCC(Nc3cc(-n4c(C(F)F)nc5ccccc54)nc(N4CCOCC4)n3)CC2)C1. The second-order valence-corrected chi connectivity index (χ2v) is 13.6. The molecule has 2 aliphatic heterocycles. The standard InChI is InChI=1S/C33H43F2N11O4/c1-33(2,20-37-43-36)50-32(48)45-13-5-6-21(19-45)30(47)39-23-11-9-22(10-12-23)38-26-18-27(42-31(41-26)44-14-16-49-17-15-44)46-25-8-4-3-7-24(25)40-29(46)28(34)35/h3-4,7-8,18,21-23,28H,5-6,9-17,19-20H2,1-2H3,(H,39,47)(H,38,41,42)/t21-,22?,23?/m0/s1. The summed E-state index contributed by atoms with van der Waals surface area (Å²) in [4.78, 5) is 46.1. The number of fused-ring (bicyclic) bond motifs is 1. The molecule has 1 atom stereocenters. The number of aromatic nitrogens is 4. The molecule has 3 aliphatic rings. The van der Waals surface area contributed by atoms with Crippen LogP contribution in [0.4, 0.5) is 25.3 Å². The van der Waals surface area contributed by atoms with Gasteiger partial charge in [-0.1, -0.05) is 17.2 Å². The summed E-state index contributed by atoms with van der Waals surface area (Å²) < 4.78 is 40.9. The van der Waals surface area contributed by atoms with Crippen LogP contribution in [0.25, 0.3) is 27.3 Å². The largest absolute Gasteiger partial charge is 0.443 e. The molecule has 1 saturated carbocycles. The summed E-state index contributed by atoms with van der Waals surface area (Å²) in [6.45, 7) is 6.32. The summed E-state index contributed by atoms with van der Waals surface area (Å²) in [7, 11) is 0. The Morgan fingerprint density at radius 1 is 1.08 bits per heavy atom. The molecule has 0 bridgehead atoms. The van der Waals surface area contributed by atoms with Gasteiger partial charge in [0.1, 0.15) is 17.2 Å². The Kier molecular flexibility index (Phi) is 10.8. The second-order valence-electron chi connectivity index (χ2n) is 13.6. The number of likely N-dealkylation sites (tertiary alicyclic amines) is 1. The monoisotopic (exact) mass is 695 g/mol. The predicted molar refractivity (Wildman–Crippen MR) is 181 cm³/mol. The number of nitrogens with zero attached hydrogens (tertiary/aromatic N) is 9. The van der Waals surface area contributed by atoms with Gasteiger partial charge in [0.2, 0.25) is 11.9 Å². The third-order valence-electron chi connectivity index (χ3n) is 9.36. The molecular weight excluding hydrogens is 652 g/mol. The van der Waals surface area contributed by atoms with Crippen LogP contribution in [-0.4, -0.2) is 100 Å². The third-order valence-corrected chi connectivity index (χ3v) is 9.36. The zero-order chi connectivity index (χ0) is 35.3. The summed E-state index contributed by atoms with van der Waals surface area (Å²) in [5, 5.41) is 10.2. The topological polar surface area (TPSA) is 176 Å². The van der Waals surface area contributed by atoms with E-state index in [1.165, 1.54) is 4.57 Å². The lowest BCUT2D eigenvalue weighted by Gasteiger charge is -2.35. The van der Waals surface area contributed by atoms with Crippen LogP contribution in [0, 0.1) is 5.92 Å². The predicted octanol–water partition coefficient (Wildman–Crippen LogP) is 5.37. The van der Waals surface area contributed by atoms with E-state index in [0.717, 1.165) is 25.7 Å². The first-order chi connectivity index (χ1) is 24.1. The number of rotatable bonds is 10. The van der Waals surface area contributed by atoms with Gasteiger partial charge in [-0.2, -0.15) is 9.97 Å². The Labute approximate surface area is 288 Å². The van der Waals surface area contributed by atoms with Gasteiger partial charge in [-0.15, -0.1) is 0 Å². The van der Waals surface area contributed by atoms with Gasteiger partial charge in [0.15, 0.2) is 5.82 Å². The van der Waals surface area contributed by atoms with Crippen LogP contribution in [0.5, 0.6) is 0 Å². The highest BCUT2D eigenvalue weighted by atomic mass is 19.3. The molecule has 15 nitrogen and oxygen atoms in total. The molecule has 6 rings (SSSR count). The molecule has 0 radical (unpaired) electrons. The Balaban J connectivity index is 1.09. The van der Waals surface area contributed by atoms with Gasteiger partial charge in [0.25, 0.3) is 6.43 Å². The van der Waals surface area contributed by atoms with Gasteiger partial charge in [-0.05, 0) is 70.0 Å². The van der Waals surface area contributed by atoms with Crippen LogP contribution >= 0.6 is 0 Å². The Morgan fingerprint density at radius 3 is 2.56 bits per heavy atom. The molecule has 4 heterocycles. The number of hydrogen-bond acceptors (Lipinski definition) is 10. The fourth-order valence-corrected chi connectivity index (χ4v) is 6.75. The maximum Gasteiger partial charge on any atom is 0.410 e. The highest BCUT2D eigenvalue weighted by Crippen LogP contribution is 2.30. The number of halogens is 2. The number of amides is 2. The van der Waals surface area contributed by atoms with Crippen molar-refractivity contribution in [1.29, 1.82) is 0 Å². The minimum atomic E-state index is -2.81. The Bertz CT molecular complexity index is 1720. The van der Waals surface area contributed by atoms with Crippen molar-refractivity contribution in [3.63, 3.8) is 0 Å². The maximum absolute atomic E-state index is 14.2. The summed E-state index contributed by atoms with van der Waals surface area (Å²) in [5.74, 6) is 0.453. The van der Waals surface area contributed by atoms with Crippen LogP contribution < -0.4 is 15.5 Å². The van der Waals surface area contributed by atoms with Gasteiger partial charge < -0.3 is 29.9 Å². The number of para-hydroxylation sites is 2. The van der Waals surface area contributed by atoms with E-state index in [2.05, 4.69) is 25.6 Å². The van der Waals surface area contributed by atoms with Crippen molar-refractivity contribution in [3.05, 3.63) is 46.6 Å². The van der Waals surface area contributed by atoms with E-state index >= 15 is 0 Å². The quantitative estimate of drug-likeness (QED) is 0.161. The minimum Gasteiger partial charge on any atom is -0.443 e. The number of nitrogens with one attached hydrogen (secondary N) is 2. The molecule has 0 unspecified atom stereocenters. The summed E-state index contributed by atoms with van der Waals surface area (Å²) in [6, 6.07) is 8.72. The maximum atomic E-state index is 14.2. The molecule has 50 heavy (non-hydrogen) atoms.